The van der Waals surface area contributed by atoms with Crippen molar-refractivity contribution >= 4 is 39.0 Å². The topological polar surface area (TPSA) is 66.3 Å². The quantitative estimate of drug-likeness (QED) is 0.841. The second kappa shape index (κ2) is 6.29. The summed E-state index contributed by atoms with van der Waals surface area (Å²) in [5.74, 6) is 0.388. The highest BCUT2D eigenvalue weighted by Crippen LogP contribution is 2.48. The van der Waals surface area contributed by atoms with E-state index in [0.29, 0.717) is 18.1 Å². The van der Waals surface area contributed by atoms with Crippen LogP contribution in [0.5, 0.6) is 5.88 Å². The fourth-order valence-electron chi connectivity index (χ4n) is 3.20. The van der Waals surface area contributed by atoms with E-state index in [1.54, 1.807) is 37.8 Å². The molecule has 1 fully saturated rings. The number of amides is 1. The molecule has 0 unspecified atom stereocenters. The average molecular weight is 408 g/mol. The highest BCUT2D eigenvalue weighted by molar-refractivity contribution is 9.10. The van der Waals surface area contributed by atoms with Crippen molar-refractivity contribution in [3.8, 4) is 5.88 Å². The van der Waals surface area contributed by atoms with Crippen LogP contribution in [0.15, 0.2) is 34.2 Å². The van der Waals surface area contributed by atoms with Crippen LogP contribution in [0.3, 0.4) is 0 Å². The number of piperidine rings is 1. The molecule has 2 aromatic rings. The van der Waals surface area contributed by atoms with Crippen LogP contribution in [0.25, 0.3) is 0 Å². The van der Waals surface area contributed by atoms with E-state index in [-0.39, 0.29) is 11.8 Å². The molecule has 126 valence electrons. The van der Waals surface area contributed by atoms with E-state index >= 15 is 0 Å². The molecule has 1 amide bonds. The monoisotopic (exact) mass is 407 g/mol. The number of hydrogen-bond acceptors (Lipinski definition) is 5. The van der Waals surface area contributed by atoms with E-state index in [1.165, 1.54) is 4.90 Å². The van der Waals surface area contributed by atoms with Crippen LogP contribution in [-0.4, -0.2) is 35.8 Å². The van der Waals surface area contributed by atoms with Crippen LogP contribution < -0.4 is 4.74 Å². The Morgan fingerprint density at radius 1 is 1.50 bits per heavy atom. The Morgan fingerprint density at radius 3 is 2.79 bits per heavy atom. The first-order valence-electron chi connectivity index (χ1n) is 7.46. The van der Waals surface area contributed by atoms with Crippen molar-refractivity contribution in [2.75, 3.05) is 14.2 Å². The molecule has 0 aliphatic carbocycles. The van der Waals surface area contributed by atoms with Gasteiger partial charge in [0, 0.05) is 45.9 Å². The van der Waals surface area contributed by atoms with Gasteiger partial charge in [0.25, 0.3) is 0 Å². The van der Waals surface area contributed by atoms with Gasteiger partial charge in [-0.05, 0) is 27.6 Å². The van der Waals surface area contributed by atoms with Gasteiger partial charge in [-0.2, -0.15) is 0 Å². The molecule has 3 heterocycles. The number of nitrogens with one attached hydrogen (secondary N) is 1. The molecule has 1 aliphatic rings. The number of aromatic nitrogens is 1. The first-order chi connectivity index (χ1) is 11.4. The summed E-state index contributed by atoms with van der Waals surface area (Å²) in [6, 6.07) is 5.70. The molecule has 24 heavy (non-hydrogen) atoms. The maximum absolute atomic E-state index is 13.0. The zero-order valence-electron chi connectivity index (χ0n) is 13.7. The summed E-state index contributed by atoms with van der Waals surface area (Å²) < 4.78 is 6.11. The Balaban J connectivity index is 2.12. The van der Waals surface area contributed by atoms with Gasteiger partial charge in [-0.25, -0.2) is 4.98 Å². The van der Waals surface area contributed by atoms with Gasteiger partial charge >= 0.3 is 0 Å². The summed E-state index contributed by atoms with van der Waals surface area (Å²) in [7, 11) is 3.23. The number of carbonyl (C=O) groups is 1. The molecule has 1 aliphatic heterocycles. The lowest BCUT2D eigenvalue weighted by atomic mass is 9.67. The first kappa shape index (κ1) is 17.1. The molecular formula is C17H18BrN3O2S. The number of halogens is 1. The number of methoxy groups -OCH3 is 1. The van der Waals surface area contributed by atoms with E-state index in [1.807, 2.05) is 17.5 Å². The summed E-state index contributed by atoms with van der Waals surface area (Å²) in [5.41, 5.74) is 0.361. The minimum atomic E-state index is -0.479. The number of thiophene rings is 1. The van der Waals surface area contributed by atoms with Crippen molar-refractivity contribution < 1.29 is 9.53 Å². The lowest BCUT2D eigenvalue weighted by Crippen LogP contribution is -2.52. The van der Waals surface area contributed by atoms with Crippen molar-refractivity contribution in [1.29, 1.82) is 5.41 Å². The van der Waals surface area contributed by atoms with Crippen molar-refractivity contribution in [3.63, 3.8) is 0 Å². The van der Waals surface area contributed by atoms with Gasteiger partial charge in [0.2, 0.25) is 11.8 Å². The molecule has 1 N–H and O–H groups in total. The van der Waals surface area contributed by atoms with Gasteiger partial charge in [0.15, 0.2) is 0 Å². The van der Waals surface area contributed by atoms with Crippen molar-refractivity contribution in [2.24, 2.45) is 0 Å². The molecule has 0 spiro atoms. The van der Waals surface area contributed by atoms with Crippen molar-refractivity contribution in [1.82, 2.24) is 9.88 Å². The number of pyridine rings is 1. The van der Waals surface area contributed by atoms with Gasteiger partial charge in [-0.1, -0.05) is 13.0 Å². The second-order valence-electron chi connectivity index (χ2n) is 6.13. The Labute approximate surface area is 153 Å². The van der Waals surface area contributed by atoms with Crippen molar-refractivity contribution in [2.45, 2.75) is 24.7 Å². The van der Waals surface area contributed by atoms with E-state index in [2.05, 4.69) is 27.8 Å². The Kier molecular flexibility index (Phi) is 4.48. The van der Waals surface area contributed by atoms with Crippen molar-refractivity contribution in [3.05, 3.63) is 44.7 Å². The maximum Gasteiger partial charge on any atom is 0.236 e. The van der Waals surface area contributed by atoms with Gasteiger partial charge in [0.1, 0.15) is 5.84 Å². The normalized spacial score (nSPS) is 24.3. The smallest absolute Gasteiger partial charge is 0.236 e. The highest BCUT2D eigenvalue weighted by atomic mass is 79.9. The van der Waals surface area contributed by atoms with Gasteiger partial charge in [-0.3, -0.25) is 10.2 Å². The summed E-state index contributed by atoms with van der Waals surface area (Å²) in [6.07, 6.45) is 2.20. The third-order valence-electron chi connectivity index (χ3n) is 4.59. The molecular weight excluding hydrogens is 390 g/mol. The van der Waals surface area contributed by atoms with E-state index in [0.717, 1.165) is 14.9 Å². The largest absolute Gasteiger partial charge is 0.481 e. The SMILES string of the molecule is COc1ccc([C@H]2C(=O)N(C)C(=N)C[C@]2(C)c2cc(Br)cs2)cn1. The zero-order valence-corrected chi connectivity index (χ0v) is 16.1. The lowest BCUT2D eigenvalue weighted by molar-refractivity contribution is -0.131. The van der Waals surface area contributed by atoms with Gasteiger partial charge in [-0.15, -0.1) is 11.3 Å². The third-order valence-corrected chi connectivity index (χ3v) is 6.56. The molecule has 0 aromatic carbocycles. The molecule has 5 nitrogen and oxygen atoms in total. The number of ether oxygens (including phenoxy) is 1. The number of likely N-dealkylation sites (tertiary alicyclic amines) is 1. The van der Waals surface area contributed by atoms with E-state index in [4.69, 9.17) is 10.1 Å². The van der Waals surface area contributed by atoms with E-state index < -0.39 is 5.41 Å². The minimum absolute atomic E-state index is 0.0785. The molecule has 2 aromatic heterocycles. The van der Waals surface area contributed by atoms with Crippen LogP contribution in [0.2, 0.25) is 0 Å². The van der Waals surface area contributed by atoms with Crippen LogP contribution in [-0.2, 0) is 10.2 Å². The number of amidine groups is 1. The predicted octanol–water partition coefficient (Wildman–Crippen LogP) is 3.80. The fourth-order valence-corrected chi connectivity index (χ4v) is 4.83. The second-order valence-corrected chi connectivity index (χ2v) is 7.96. The van der Waals surface area contributed by atoms with E-state index in [9.17, 15) is 4.79 Å². The Bertz CT molecular complexity index is 789. The summed E-state index contributed by atoms with van der Waals surface area (Å²) in [6.45, 7) is 2.06. The zero-order chi connectivity index (χ0) is 17.5. The number of likely N-dealkylation sites (N-methyl/N-ethyl adjacent to an activating group) is 1. The standard InChI is InChI=1S/C17H18BrN3O2S/c1-17(12-6-11(18)9-24-12)7-13(19)21(2)16(22)15(17)10-4-5-14(23-3)20-8-10/h4-6,8-9,15,19H,7H2,1-3H3/t15-,17+/m0/s1. The molecule has 1 saturated heterocycles. The van der Waals surface area contributed by atoms with Crippen LogP contribution >= 0.6 is 27.3 Å². The maximum atomic E-state index is 13.0. The van der Waals surface area contributed by atoms with Gasteiger partial charge in [0.05, 0.1) is 13.0 Å². The summed E-state index contributed by atoms with van der Waals surface area (Å²) in [4.78, 5) is 19.8. The Hall–Kier alpha value is -1.73. The van der Waals surface area contributed by atoms with Crippen LogP contribution in [0, 0.1) is 5.41 Å². The number of rotatable bonds is 3. The number of hydrogen-bond donors (Lipinski definition) is 1. The third kappa shape index (κ3) is 2.75. The average Bonchev–Trinajstić information content (AvgIpc) is 3.01. The number of carbonyl (C=O) groups excluding carboxylic acids is 1. The molecule has 0 radical (unpaired) electrons. The fraction of sp³-hybridized carbons (Fsp3) is 0.353. The molecule has 0 bridgehead atoms. The van der Waals surface area contributed by atoms with Crippen LogP contribution in [0.1, 0.15) is 29.7 Å². The summed E-state index contributed by atoms with van der Waals surface area (Å²) >= 11 is 5.10. The highest BCUT2D eigenvalue weighted by Gasteiger charge is 2.49. The molecule has 0 saturated carbocycles. The van der Waals surface area contributed by atoms with Gasteiger partial charge < -0.3 is 9.64 Å². The Morgan fingerprint density at radius 2 is 2.25 bits per heavy atom. The van der Waals surface area contributed by atoms with Crippen LogP contribution in [0.4, 0.5) is 0 Å². The molecule has 3 rings (SSSR count). The summed E-state index contributed by atoms with van der Waals surface area (Å²) in [5, 5.41) is 10.2. The number of nitrogens with zero attached hydrogens (tertiary/aromatic N) is 2. The predicted molar refractivity (Wildman–Crippen MR) is 98.0 cm³/mol. The molecule has 2 atom stereocenters. The minimum Gasteiger partial charge on any atom is -0.481 e. The lowest BCUT2D eigenvalue weighted by Gasteiger charge is -2.43. The molecule has 7 heteroatoms. The first-order valence-corrected chi connectivity index (χ1v) is 9.13.